The number of carbonyl (C=O) groups excluding carboxylic acids is 2. The number of ether oxygens (including phenoxy) is 1. The standard InChI is InChI=1S/C21H20Cl2FN3O6S/c1-3-33-21(29)16-11-27(10-13-5-4-12(8-18(13)24)20(28)25-30)34(31,32)26(2)19(16)15-7-6-14(22)9-17(15)23/h4-9,11,19,30H,3,10H2,1-2H3,(H,25,28). The molecular weight excluding hydrogens is 512 g/mol. The molecule has 0 spiro atoms. The molecule has 0 aromatic heterocycles. The van der Waals surface area contributed by atoms with Gasteiger partial charge in [-0.25, -0.2) is 14.7 Å². The molecule has 2 aromatic carbocycles. The van der Waals surface area contributed by atoms with Crippen LogP contribution in [0.15, 0.2) is 48.2 Å². The minimum absolute atomic E-state index is 0.0384. The molecule has 1 atom stereocenters. The number of rotatable bonds is 6. The fraction of sp³-hybridized carbons (Fsp3) is 0.238. The Labute approximate surface area is 205 Å². The van der Waals surface area contributed by atoms with Crippen LogP contribution in [0.4, 0.5) is 4.39 Å². The Balaban J connectivity index is 2.09. The molecule has 1 heterocycles. The van der Waals surface area contributed by atoms with Gasteiger partial charge in [0.05, 0.1) is 24.8 Å². The molecule has 0 bridgehead atoms. The van der Waals surface area contributed by atoms with Crippen LogP contribution in [-0.4, -0.2) is 47.8 Å². The van der Waals surface area contributed by atoms with Crippen LogP contribution >= 0.6 is 23.2 Å². The molecule has 1 unspecified atom stereocenters. The van der Waals surface area contributed by atoms with E-state index in [0.29, 0.717) is 10.6 Å². The smallest absolute Gasteiger partial charge is 0.337 e. The van der Waals surface area contributed by atoms with Crippen LogP contribution in [0.2, 0.25) is 10.0 Å². The Hall–Kier alpha value is -2.70. The zero-order valence-electron chi connectivity index (χ0n) is 18.0. The first-order valence-corrected chi connectivity index (χ1v) is 12.0. The molecule has 0 aliphatic carbocycles. The van der Waals surface area contributed by atoms with Gasteiger partial charge >= 0.3 is 16.2 Å². The van der Waals surface area contributed by atoms with Gasteiger partial charge in [0, 0.05) is 34.4 Å². The molecule has 0 saturated carbocycles. The summed E-state index contributed by atoms with van der Waals surface area (Å²) in [5.41, 5.74) is 1.41. The van der Waals surface area contributed by atoms with Gasteiger partial charge in [0.15, 0.2) is 0 Å². The van der Waals surface area contributed by atoms with E-state index >= 15 is 0 Å². The van der Waals surface area contributed by atoms with E-state index in [4.69, 9.17) is 33.1 Å². The van der Waals surface area contributed by atoms with Crippen molar-refractivity contribution in [2.75, 3.05) is 13.7 Å². The van der Waals surface area contributed by atoms with Crippen LogP contribution in [0.5, 0.6) is 0 Å². The lowest BCUT2D eigenvalue weighted by atomic mass is 9.99. The van der Waals surface area contributed by atoms with Crippen molar-refractivity contribution in [3.05, 3.63) is 80.7 Å². The number of amides is 1. The molecule has 1 amide bonds. The van der Waals surface area contributed by atoms with Gasteiger partial charge in [-0.3, -0.25) is 14.3 Å². The SMILES string of the molecule is CCOC(=O)C1=CN(Cc2ccc(C(=O)NO)cc2F)S(=O)(=O)N(C)C1c1ccc(Cl)cc1Cl. The second-order valence-electron chi connectivity index (χ2n) is 7.19. The number of nitrogens with one attached hydrogen (secondary N) is 1. The third-order valence-corrected chi connectivity index (χ3v) is 7.44. The van der Waals surface area contributed by atoms with Gasteiger partial charge in [-0.1, -0.05) is 35.3 Å². The Morgan fingerprint density at radius 3 is 2.50 bits per heavy atom. The lowest BCUT2D eigenvalue weighted by Gasteiger charge is -2.38. The highest BCUT2D eigenvalue weighted by Gasteiger charge is 2.42. The molecule has 2 N–H and O–H groups in total. The first kappa shape index (κ1) is 25.9. The largest absolute Gasteiger partial charge is 0.463 e. The fourth-order valence-electron chi connectivity index (χ4n) is 3.43. The second-order valence-corrected chi connectivity index (χ2v) is 9.97. The van der Waals surface area contributed by atoms with Crippen molar-refractivity contribution in [1.29, 1.82) is 0 Å². The van der Waals surface area contributed by atoms with E-state index in [2.05, 4.69) is 0 Å². The average molecular weight is 532 g/mol. The summed E-state index contributed by atoms with van der Waals surface area (Å²) in [7, 11) is -2.99. The Morgan fingerprint density at radius 2 is 1.91 bits per heavy atom. The van der Waals surface area contributed by atoms with Crippen molar-refractivity contribution in [3.8, 4) is 0 Å². The fourth-order valence-corrected chi connectivity index (χ4v) is 5.31. The zero-order chi connectivity index (χ0) is 25.2. The zero-order valence-corrected chi connectivity index (χ0v) is 20.3. The summed E-state index contributed by atoms with van der Waals surface area (Å²) in [6.07, 6.45) is 1.08. The number of benzene rings is 2. The van der Waals surface area contributed by atoms with E-state index in [0.717, 1.165) is 20.9 Å². The molecule has 34 heavy (non-hydrogen) atoms. The van der Waals surface area contributed by atoms with E-state index < -0.39 is 40.5 Å². The molecule has 0 fully saturated rings. The number of nitrogens with zero attached hydrogens (tertiary/aromatic N) is 2. The highest BCUT2D eigenvalue weighted by atomic mass is 35.5. The summed E-state index contributed by atoms with van der Waals surface area (Å²) < 4.78 is 48.1. The van der Waals surface area contributed by atoms with Crippen molar-refractivity contribution >= 4 is 45.3 Å². The lowest BCUT2D eigenvalue weighted by Crippen LogP contribution is -2.46. The number of carbonyl (C=O) groups is 2. The molecule has 1 aliphatic heterocycles. The maximum Gasteiger partial charge on any atom is 0.337 e. The number of halogens is 3. The number of esters is 1. The van der Waals surface area contributed by atoms with E-state index in [-0.39, 0.29) is 28.3 Å². The summed E-state index contributed by atoms with van der Waals surface area (Å²) in [6, 6.07) is 6.60. The normalized spacial score (nSPS) is 17.8. The quantitative estimate of drug-likeness (QED) is 0.335. The summed E-state index contributed by atoms with van der Waals surface area (Å²) in [5, 5.41) is 9.17. The maximum atomic E-state index is 14.6. The predicted octanol–water partition coefficient (Wildman–Crippen LogP) is 3.43. The highest BCUT2D eigenvalue weighted by molar-refractivity contribution is 7.86. The number of hydroxylamine groups is 1. The van der Waals surface area contributed by atoms with Crippen LogP contribution in [-0.2, 0) is 26.3 Å². The van der Waals surface area contributed by atoms with E-state index in [9.17, 15) is 22.4 Å². The Morgan fingerprint density at radius 1 is 1.21 bits per heavy atom. The summed E-state index contributed by atoms with van der Waals surface area (Å²) in [6.45, 7) is 1.16. The van der Waals surface area contributed by atoms with Crippen LogP contribution in [0, 0.1) is 5.82 Å². The molecule has 9 nitrogen and oxygen atoms in total. The van der Waals surface area contributed by atoms with Crippen molar-refractivity contribution < 1.29 is 32.3 Å². The second kappa shape index (κ2) is 10.3. The number of hydrogen-bond acceptors (Lipinski definition) is 6. The van der Waals surface area contributed by atoms with Gasteiger partial charge in [0.25, 0.3) is 5.91 Å². The summed E-state index contributed by atoms with van der Waals surface area (Å²) >= 11 is 12.3. The van der Waals surface area contributed by atoms with Crippen molar-refractivity contribution in [1.82, 2.24) is 14.1 Å². The third kappa shape index (κ3) is 5.03. The first-order chi connectivity index (χ1) is 16.0. The first-order valence-electron chi connectivity index (χ1n) is 9.82. The number of hydrogen-bond donors (Lipinski definition) is 2. The predicted molar refractivity (Wildman–Crippen MR) is 122 cm³/mol. The lowest BCUT2D eigenvalue weighted by molar-refractivity contribution is -0.139. The van der Waals surface area contributed by atoms with Gasteiger partial charge in [-0.15, -0.1) is 0 Å². The van der Waals surface area contributed by atoms with Crippen LogP contribution in [0.3, 0.4) is 0 Å². The van der Waals surface area contributed by atoms with Gasteiger partial charge in [-0.2, -0.15) is 12.7 Å². The third-order valence-electron chi connectivity index (χ3n) is 5.11. The maximum absolute atomic E-state index is 14.6. The molecule has 182 valence electrons. The van der Waals surface area contributed by atoms with Crippen molar-refractivity contribution in [3.63, 3.8) is 0 Å². The van der Waals surface area contributed by atoms with Crippen molar-refractivity contribution in [2.24, 2.45) is 0 Å². The van der Waals surface area contributed by atoms with Gasteiger partial charge in [-0.05, 0) is 36.8 Å². The highest BCUT2D eigenvalue weighted by Crippen LogP contribution is 2.40. The molecule has 13 heteroatoms. The molecule has 0 radical (unpaired) electrons. The Kier molecular flexibility index (Phi) is 7.84. The monoisotopic (exact) mass is 531 g/mol. The van der Waals surface area contributed by atoms with Crippen LogP contribution < -0.4 is 5.48 Å². The van der Waals surface area contributed by atoms with Crippen LogP contribution in [0.25, 0.3) is 0 Å². The molecule has 2 aromatic rings. The minimum atomic E-state index is -4.25. The number of likely N-dealkylation sites (N-methyl/N-ethyl adjacent to an activating group) is 1. The van der Waals surface area contributed by atoms with E-state index in [1.54, 1.807) is 6.92 Å². The topological polar surface area (TPSA) is 116 Å². The molecule has 0 saturated heterocycles. The van der Waals surface area contributed by atoms with E-state index in [1.165, 1.54) is 42.9 Å². The van der Waals surface area contributed by atoms with Gasteiger partial charge < -0.3 is 4.74 Å². The summed E-state index contributed by atoms with van der Waals surface area (Å²) in [5.74, 6) is -2.59. The minimum Gasteiger partial charge on any atom is -0.463 e. The van der Waals surface area contributed by atoms with Gasteiger partial charge in [0.2, 0.25) is 0 Å². The van der Waals surface area contributed by atoms with Gasteiger partial charge in [0.1, 0.15) is 5.82 Å². The average Bonchev–Trinajstić information content (AvgIpc) is 2.78. The molecular formula is C21H20Cl2FN3O6S. The van der Waals surface area contributed by atoms with Crippen molar-refractivity contribution in [2.45, 2.75) is 19.5 Å². The molecule has 3 rings (SSSR count). The van der Waals surface area contributed by atoms with E-state index in [1.807, 2.05) is 0 Å². The molecule has 1 aliphatic rings. The van der Waals surface area contributed by atoms with Crippen LogP contribution in [0.1, 0.15) is 34.5 Å². The Bertz CT molecular complexity index is 1270. The summed E-state index contributed by atoms with van der Waals surface area (Å²) in [4.78, 5) is 24.3.